The third kappa shape index (κ3) is 2.64. The van der Waals surface area contributed by atoms with Crippen LogP contribution in [-0.4, -0.2) is 23.1 Å². The molecule has 1 aromatic carbocycles. The first-order chi connectivity index (χ1) is 9.25. The highest BCUT2D eigenvalue weighted by Crippen LogP contribution is 2.39. The van der Waals surface area contributed by atoms with Gasteiger partial charge in [-0.25, -0.2) is 0 Å². The lowest BCUT2D eigenvalue weighted by atomic mass is 10.0. The van der Waals surface area contributed by atoms with Crippen molar-refractivity contribution in [3.8, 4) is 5.75 Å². The molecule has 19 heavy (non-hydrogen) atoms. The van der Waals surface area contributed by atoms with E-state index in [9.17, 15) is 5.11 Å². The molecule has 0 aliphatic heterocycles. The van der Waals surface area contributed by atoms with Gasteiger partial charge in [0.25, 0.3) is 0 Å². The monoisotopic (exact) mass is 259 g/mol. The molecule has 0 aromatic heterocycles. The van der Waals surface area contributed by atoms with Gasteiger partial charge in [-0.05, 0) is 56.0 Å². The van der Waals surface area contributed by atoms with Gasteiger partial charge in [0.15, 0.2) is 0 Å². The number of phenolic OH excluding ortho intramolecular Hbond substituents is 1. The van der Waals surface area contributed by atoms with Crippen molar-refractivity contribution in [2.45, 2.75) is 63.5 Å². The molecule has 2 aliphatic carbocycles. The van der Waals surface area contributed by atoms with Gasteiger partial charge in [0.05, 0.1) is 0 Å². The summed E-state index contributed by atoms with van der Waals surface area (Å²) in [6, 6.07) is 7.26. The van der Waals surface area contributed by atoms with E-state index in [4.69, 9.17) is 0 Å². The Labute approximate surface area is 116 Å². The minimum atomic E-state index is 0.413. The average molecular weight is 259 g/mol. The Kier molecular flexibility index (Phi) is 3.79. The lowest BCUT2D eigenvalue weighted by Crippen LogP contribution is -2.34. The molecule has 1 fully saturated rings. The van der Waals surface area contributed by atoms with Crippen molar-refractivity contribution in [2.24, 2.45) is 0 Å². The molecule has 1 aromatic rings. The number of aromatic hydroxyl groups is 1. The molecule has 2 aliphatic rings. The Balaban J connectivity index is 1.76. The first-order valence-corrected chi connectivity index (χ1v) is 7.79. The van der Waals surface area contributed by atoms with Crippen LogP contribution in [0.25, 0.3) is 0 Å². The fourth-order valence-corrected chi connectivity index (χ4v) is 3.92. The number of hydrogen-bond acceptors (Lipinski definition) is 2. The van der Waals surface area contributed by atoms with Gasteiger partial charge in [-0.15, -0.1) is 0 Å². The lowest BCUT2D eigenvalue weighted by Gasteiger charge is -2.33. The number of phenols is 1. The van der Waals surface area contributed by atoms with Gasteiger partial charge in [0.2, 0.25) is 0 Å². The zero-order valence-corrected chi connectivity index (χ0v) is 11.9. The van der Waals surface area contributed by atoms with Crippen LogP contribution in [0.5, 0.6) is 5.75 Å². The van der Waals surface area contributed by atoms with E-state index >= 15 is 0 Å². The van der Waals surface area contributed by atoms with Gasteiger partial charge in [0.1, 0.15) is 5.75 Å². The van der Waals surface area contributed by atoms with Gasteiger partial charge in [-0.3, -0.25) is 4.90 Å². The highest BCUT2D eigenvalue weighted by Gasteiger charge is 2.30. The van der Waals surface area contributed by atoms with Crippen molar-refractivity contribution in [3.63, 3.8) is 0 Å². The maximum Gasteiger partial charge on any atom is 0.115 e. The smallest absolute Gasteiger partial charge is 0.115 e. The van der Waals surface area contributed by atoms with E-state index < -0.39 is 0 Å². The summed E-state index contributed by atoms with van der Waals surface area (Å²) in [6.07, 6.45) is 10.7. The van der Waals surface area contributed by atoms with E-state index in [0.29, 0.717) is 11.8 Å². The Morgan fingerprint density at radius 1 is 1.05 bits per heavy atom. The second kappa shape index (κ2) is 5.54. The molecule has 104 valence electrons. The number of fused-ring (bicyclic) bond motifs is 1. The van der Waals surface area contributed by atoms with Crippen LogP contribution < -0.4 is 0 Å². The predicted molar refractivity (Wildman–Crippen MR) is 78.4 cm³/mol. The molecule has 2 heteroatoms. The van der Waals surface area contributed by atoms with Crippen molar-refractivity contribution >= 4 is 0 Å². The van der Waals surface area contributed by atoms with Crippen molar-refractivity contribution in [1.82, 2.24) is 4.90 Å². The quantitative estimate of drug-likeness (QED) is 0.810. The first kappa shape index (κ1) is 13.0. The van der Waals surface area contributed by atoms with E-state index in [1.54, 1.807) is 0 Å². The van der Waals surface area contributed by atoms with Crippen LogP contribution in [0.3, 0.4) is 0 Å². The number of benzene rings is 1. The summed E-state index contributed by atoms with van der Waals surface area (Å²) in [5.74, 6) is 0.413. The predicted octanol–water partition coefficient (Wildman–Crippen LogP) is 4.03. The van der Waals surface area contributed by atoms with Gasteiger partial charge < -0.3 is 5.11 Å². The van der Waals surface area contributed by atoms with E-state index in [2.05, 4.69) is 18.0 Å². The third-order valence-corrected chi connectivity index (χ3v) is 5.06. The van der Waals surface area contributed by atoms with Crippen molar-refractivity contribution in [3.05, 3.63) is 29.3 Å². The zero-order valence-electron chi connectivity index (χ0n) is 11.9. The van der Waals surface area contributed by atoms with Crippen molar-refractivity contribution in [2.75, 3.05) is 7.05 Å². The van der Waals surface area contributed by atoms with Crippen molar-refractivity contribution in [1.29, 1.82) is 0 Å². The van der Waals surface area contributed by atoms with Crippen LogP contribution >= 0.6 is 0 Å². The number of hydrogen-bond donors (Lipinski definition) is 1. The molecule has 1 atom stereocenters. The highest BCUT2D eigenvalue weighted by atomic mass is 16.3. The van der Waals surface area contributed by atoms with Crippen LogP contribution in [0.2, 0.25) is 0 Å². The maximum absolute atomic E-state index is 9.59. The van der Waals surface area contributed by atoms with Crippen molar-refractivity contribution < 1.29 is 5.11 Å². The number of rotatable bonds is 2. The molecular formula is C17H25NO. The fraction of sp³-hybridized carbons (Fsp3) is 0.647. The van der Waals surface area contributed by atoms with Gasteiger partial charge in [-0.1, -0.05) is 31.7 Å². The van der Waals surface area contributed by atoms with E-state index in [1.165, 1.54) is 56.1 Å². The van der Waals surface area contributed by atoms with E-state index in [0.717, 1.165) is 12.5 Å². The number of aryl methyl sites for hydroxylation is 1. The van der Waals surface area contributed by atoms with E-state index in [-0.39, 0.29) is 0 Å². The minimum Gasteiger partial charge on any atom is -0.508 e. The molecule has 0 spiro atoms. The molecule has 1 unspecified atom stereocenters. The normalized spacial score (nSPS) is 24.4. The molecule has 0 heterocycles. The molecular weight excluding hydrogens is 234 g/mol. The molecule has 1 saturated carbocycles. The van der Waals surface area contributed by atoms with Gasteiger partial charge in [0, 0.05) is 12.1 Å². The number of nitrogens with zero attached hydrogens (tertiary/aromatic N) is 1. The van der Waals surface area contributed by atoms with Gasteiger partial charge in [-0.2, -0.15) is 0 Å². The van der Waals surface area contributed by atoms with Gasteiger partial charge >= 0.3 is 0 Å². The summed E-state index contributed by atoms with van der Waals surface area (Å²) in [4.78, 5) is 2.62. The molecule has 3 rings (SSSR count). The Morgan fingerprint density at radius 2 is 1.79 bits per heavy atom. The fourth-order valence-electron chi connectivity index (χ4n) is 3.92. The average Bonchev–Trinajstić information content (AvgIpc) is 2.64. The molecule has 0 radical (unpaired) electrons. The largest absolute Gasteiger partial charge is 0.508 e. The Bertz CT molecular complexity index is 435. The maximum atomic E-state index is 9.59. The van der Waals surface area contributed by atoms with Crippen LogP contribution in [0, 0.1) is 0 Å². The van der Waals surface area contributed by atoms with Crippen LogP contribution in [0.4, 0.5) is 0 Å². The standard InChI is InChI=1S/C17H25NO/c1-18(14-6-4-2-3-5-7-14)17-11-8-13-12-15(19)9-10-16(13)17/h9-10,12,14,17,19H,2-8,11H2,1H3. The summed E-state index contributed by atoms with van der Waals surface area (Å²) in [5, 5.41) is 9.59. The highest BCUT2D eigenvalue weighted by molar-refractivity contribution is 5.40. The van der Waals surface area contributed by atoms with E-state index in [1.807, 2.05) is 12.1 Å². The summed E-state index contributed by atoms with van der Waals surface area (Å²) in [7, 11) is 2.31. The summed E-state index contributed by atoms with van der Waals surface area (Å²) < 4.78 is 0. The third-order valence-electron chi connectivity index (χ3n) is 5.06. The zero-order chi connectivity index (χ0) is 13.2. The summed E-state index contributed by atoms with van der Waals surface area (Å²) in [5.41, 5.74) is 2.80. The first-order valence-electron chi connectivity index (χ1n) is 7.79. The summed E-state index contributed by atoms with van der Waals surface area (Å²) in [6.45, 7) is 0. The Morgan fingerprint density at radius 3 is 2.53 bits per heavy atom. The van der Waals surface area contributed by atoms with Crippen LogP contribution in [0.15, 0.2) is 18.2 Å². The molecule has 0 saturated heterocycles. The molecule has 2 nitrogen and oxygen atoms in total. The molecule has 0 bridgehead atoms. The second-order valence-corrected chi connectivity index (χ2v) is 6.25. The van der Waals surface area contributed by atoms with Crippen LogP contribution in [0.1, 0.15) is 62.1 Å². The Hall–Kier alpha value is -1.02. The topological polar surface area (TPSA) is 23.5 Å². The summed E-state index contributed by atoms with van der Waals surface area (Å²) >= 11 is 0. The molecule has 1 N–H and O–H groups in total. The molecule has 0 amide bonds. The SMILES string of the molecule is CN(C1CCCCCC1)C1CCc2cc(O)ccc21. The minimum absolute atomic E-state index is 0.413. The lowest BCUT2D eigenvalue weighted by molar-refractivity contribution is 0.157. The van der Waals surface area contributed by atoms with Crippen LogP contribution in [-0.2, 0) is 6.42 Å². The second-order valence-electron chi connectivity index (χ2n) is 6.25.